The minimum Gasteiger partial charge on any atom is -0.202 e. The van der Waals surface area contributed by atoms with Gasteiger partial charge in [0.15, 0.2) is 0 Å². The second-order valence-corrected chi connectivity index (χ2v) is 5.09. The second kappa shape index (κ2) is 4.03. The van der Waals surface area contributed by atoms with Crippen molar-refractivity contribution in [3.05, 3.63) is 12.7 Å². The van der Waals surface area contributed by atoms with Gasteiger partial charge in [-0.05, 0) is 31.8 Å². The second-order valence-electron chi connectivity index (χ2n) is 3.33. The zero-order chi connectivity index (χ0) is 9.19. The van der Waals surface area contributed by atoms with Crippen LogP contribution in [0.5, 0.6) is 0 Å². The van der Waals surface area contributed by atoms with Gasteiger partial charge < -0.3 is 0 Å². The molecule has 0 spiro atoms. The van der Waals surface area contributed by atoms with E-state index in [2.05, 4.69) is 29.2 Å². The zero-order valence-corrected chi connectivity index (χ0v) is 9.06. The Kier molecular flexibility index (Phi) is 3.49. The molecule has 0 aromatic carbocycles. The molecule has 0 unspecified atom stereocenters. The summed E-state index contributed by atoms with van der Waals surface area (Å²) in [6.07, 6.45) is 3.94. The van der Waals surface area contributed by atoms with E-state index >= 15 is 0 Å². The Labute approximate surface area is 85.6 Å². The molecule has 1 aliphatic rings. The van der Waals surface area contributed by atoms with E-state index in [9.17, 15) is 8.78 Å². The van der Waals surface area contributed by atoms with Crippen LogP contribution in [0, 0.1) is 5.92 Å². The zero-order valence-electron chi connectivity index (χ0n) is 6.90. The summed E-state index contributed by atoms with van der Waals surface area (Å²) in [6, 6.07) is 0. The van der Waals surface area contributed by atoms with Crippen LogP contribution in [-0.4, -0.2) is 9.85 Å². The van der Waals surface area contributed by atoms with Gasteiger partial charge in [0.05, 0.1) is 0 Å². The first-order chi connectivity index (χ1) is 5.56. The molecule has 0 aromatic rings. The van der Waals surface area contributed by atoms with Crippen LogP contribution in [0.1, 0.15) is 25.7 Å². The van der Waals surface area contributed by atoms with Gasteiger partial charge in [-0.25, -0.2) is 8.78 Å². The summed E-state index contributed by atoms with van der Waals surface area (Å²) in [5.74, 6) is -3.10. The van der Waals surface area contributed by atoms with Gasteiger partial charge in [0.2, 0.25) is 0 Å². The Morgan fingerprint density at radius 1 is 1.25 bits per heavy atom. The number of halogens is 3. The minimum atomic E-state index is -2.64. The van der Waals surface area contributed by atoms with Crippen molar-refractivity contribution >= 4 is 22.6 Å². The number of rotatable bonds is 2. The van der Waals surface area contributed by atoms with Gasteiger partial charge >= 0.3 is 0 Å². The third kappa shape index (κ3) is 2.41. The normalized spacial score (nSPS) is 31.6. The van der Waals surface area contributed by atoms with E-state index in [0.717, 1.165) is 18.9 Å². The molecule has 0 aromatic heterocycles. The van der Waals surface area contributed by atoms with Gasteiger partial charge in [0.25, 0.3) is 5.92 Å². The first kappa shape index (κ1) is 10.4. The molecule has 0 aliphatic heterocycles. The lowest BCUT2D eigenvalue weighted by molar-refractivity contribution is -0.0228. The van der Waals surface area contributed by atoms with Crippen molar-refractivity contribution in [1.29, 1.82) is 0 Å². The molecule has 0 amide bonds. The maximum atomic E-state index is 13.0. The Morgan fingerprint density at radius 2 is 1.75 bits per heavy atom. The molecule has 0 saturated heterocycles. The fourth-order valence-electron chi connectivity index (χ4n) is 1.60. The molecule has 1 saturated carbocycles. The van der Waals surface area contributed by atoms with Crippen LogP contribution < -0.4 is 0 Å². The van der Waals surface area contributed by atoms with E-state index in [-0.39, 0.29) is 0 Å². The van der Waals surface area contributed by atoms with Gasteiger partial charge in [-0.3, -0.25) is 0 Å². The summed E-state index contributed by atoms with van der Waals surface area (Å²) >= 11 is 2.34. The maximum absolute atomic E-state index is 13.0. The van der Waals surface area contributed by atoms with Crippen LogP contribution in [-0.2, 0) is 0 Å². The SMILES string of the molecule is C=CC(F)(F)C1CCC(I)CC1. The van der Waals surface area contributed by atoms with Crippen LogP contribution in [0.2, 0.25) is 0 Å². The highest BCUT2D eigenvalue weighted by atomic mass is 127. The van der Waals surface area contributed by atoms with Gasteiger partial charge in [-0.1, -0.05) is 29.2 Å². The lowest BCUT2D eigenvalue weighted by atomic mass is 9.84. The summed E-state index contributed by atoms with van der Waals surface area (Å²) in [6.45, 7) is 3.17. The summed E-state index contributed by atoms with van der Waals surface area (Å²) in [5, 5.41) is 0. The van der Waals surface area contributed by atoms with E-state index in [1.54, 1.807) is 0 Å². The van der Waals surface area contributed by atoms with E-state index in [4.69, 9.17) is 0 Å². The molecule has 1 rings (SSSR count). The average Bonchev–Trinajstić information content (AvgIpc) is 2.05. The molecular formula is C9H13F2I. The Hall–Kier alpha value is 0.330. The van der Waals surface area contributed by atoms with E-state index in [1.807, 2.05) is 0 Å². The summed E-state index contributed by atoms with van der Waals surface area (Å²) in [5.41, 5.74) is 0. The van der Waals surface area contributed by atoms with E-state index in [0.29, 0.717) is 16.8 Å². The predicted molar refractivity (Wildman–Crippen MR) is 54.9 cm³/mol. The highest BCUT2D eigenvalue weighted by molar-refractivity contribution is 14.1. The standard InChI is InChI=1S/C9H13F2I/c1-2-9(10,11)7-3-5-8(12)6-4-7/h2,7-8H,1,3-6H2. The third-order valence-corrected chi connectivity index (χ3v) is 3.72. The van der Waals surface area contributed by atoms with Gasteiger partial charge in [-0.15, -0.1) is 0 Å². The number of alkyl halides is 3. The van der Waals surface area contributed by atoms with Gasteiger partial charge in [-0.2, -0.15) is 0 Å². The van der Waals surface area contributed by atoms with Crippen molar-refractivity contribution in [2.45, 2.75) is 35.5 Å². The highest BCUT2D eigenvalue weighted by Gasteiger charge is 2.37. The number of hydrogen-bond acceptors (Lipinski definition) is 0. The fourth-order valence-corrected chi connectivity index (χ4v) is 2.32. The van der Waals surface area contributed by atoms with Crippen LogP contribution >= 0.6 is 22.6 Å². The molecule has 0 N–H and O–H groups in total. The van der Waals surface area contributed by atoms with Crippen LogP contribution in [0.4, 0.5) is 8.78 Å². The minimum absolute atomic E-state index is 0.457. The quantitative estimate of drug-likeness (QED) is 0.411. The van der Waals surface area contributed by atoms with Crippen molar-refractivity contribution in [1.82, 2.24) is 0 Å². The molecule has 0 radical (unpaired) electrons. The van der Waals surface area contributed by atoms with E-state index < -0.39 is 11.8 Å². The van der Waals surface area contributed by atoms with Crippen molar-refractivity contribution in [3.8, 4) is 0 Å². The number of allylic oxidation sites excluding steroid dienone is 1. The van der Waals surface area contributed by atoms with Crippen molar-refractivity contribution in [2.24, 2.45) is 5.92 Å². The molecular weight excluding hydrogens is 273 g/mol. The first-order valence-corrected chi connectivity index (χ1v) is 5.46. The molecule has 0 heterocycles. The van der Waals surface area contributed by atoms with Gasteiger partial charge in [0.1, 0.15) is 0 Å². The summed E-state index contributed by atoms with van der Waals surface area (Å²) in [7, 11) is 0. The topological polar surface area (TPSA) is 0 Å². The summed E-state index contributed by atoms with van der Waals surface area (Å²) < 4.78 is 26.7. The van der Waals surface area contributed by atoms with Crippen LogP contribution in [0.25, 0.3) is 0 Å². The molecule has 0 bridgehead atoms. The lowest BCUT2D eigenvalue weighted by Gasteiger charge is -2.29. The smallest absolute Gasteiger partial charge is 0.202 e. The molecule has 70 valence electrons. The van der Waals surface area contributed by atoms with Crippen LogP contribution in [0.3, 0.4) is 0 Å². The molecule has 0 atom stereocenters. The maximum Gasteiger partial charge on any atom is 0.268 e. The highest BCUT2D eigenvalue weighted by Crippen LogP contribution is 2.39. The van der Waals surface area contributed by atoms with Crippen molar-refractivity contribution in [3.63, 3.8) is 0 Å². The Morgan fingerprint density at radius 3 is 2.17 bits per heavy atom. The average molecular weight is 286 g/mol. The molecule has 1 fully saturated rings. The van der Waals surface area contributed by atoms with Crippen LogP contribution in [0.15, 0.2) is 12.7 Å². The van der Waals surface area contributed by atoms with Crippen molar-refractivity contribution < 1.29 is 8.78 Å². The molecule has 1 aliphatic carbocycles. The number of hydrogen-bond donors (Lipinski definition) is 0. The lowest BCUT2D eigenvalue weighted by Crippen LogP contribution is -2.29. The largest absolute Gasteiger partial charge is 0.268 e. The summed E-state index contributed by atoms with van der Waals surface area (Å²) in [4.78, 5) is 0. The molecule has 0 nitrogen and oxygen atoms in total. The Balaban J connectivity index is 2.49. The fraction of sp³-hybridized carbons (Fsp3) is 0.778. The Bertz CT molecular complexity index is 160. The predicted octanol–water partition coefficient (Wildman–Crippen LogP) is 3.80. The molecule has 12 heavy (non-hydrogen) atoms. The van der Waals surface area contributed by atoms with E-state index in [1.165, 1.54) is 0 Å². The van der Waals surface area contributed by atoms with Crippen molar-refractivity contribution in [2.75, 3.05) is 0 Å². The first-order valence-electron chi connectivity index (χ1n) is 4.21. The van der Waals surface area contributed by atoms with Gasteiger partial charge in [0, 0.05) is 9.84 Å². The third-order valence-electron chi connectivity index (χ3n) is 2.47. The monoisotopic (exact) mass is 286 g/mol. The molecule has 3 heteroatoms.